The molecule has 17 rings (SSSR count). The van der Waals surface area contributed by atoms with Crippen LogP contribution >= 0.6 is 0 Å². The predicted molar refractivity (Wildman–Crippen MR) is 267 cm³/mol. The molecule has 64 heavy (non-hydrogen) atoms. The van der Waals surface area contributed by atoms with Crippen LogP contribution < -0.4 is 19.6 Å². The van der Waals surface area contributed by atoms with E-state index in [-0.39, 0.29) is 10.8 Å². The lowest BCUT2D eigenvalue weighted by Crippen LogP contribution is -2.49. The van der Waals surface area contributed by atoms with E-state index in [0.717, 1.165) is 35.5 Å². The Bertz CT molecular complexity index is 2730. The van der Waals surface area contributed by atoms with Crippen molar-refractivity contribution in [1.82, 2.24) is 0 Å². The Morgan fingerprint density at radius 1 is 0.328 bits per heavy atom. The molecule has 8 saturated carbocycles. The van der Waals surface area contributed by atoms with E-state index in [0.29, 0.717) is 0 Å². The van der Waals surface area contributed by atoms with Crippen molar-refractivity contribution in [2.75, 3.05) is 33.7 Å². The molecule has 0 unspecified atom stereocenters. The summed E-state index contributed by atoms with van der Waals surface area (Å²) in [6.45, 7) is 0. The van der Waals surface area contributed by atoms with Gasteiger partial charge in [0.05, 0.1) is 45.5 Å². The fourth-order valence-corrected chi connectivity index (χ4v) is 17.3. The standard InChI is InChI=1S/C60H58N4/c1-61-49-11-3-7-15-53(49)63(54-16-8-4-12-50(54)61)43-19-21-45-47(29-43)57(59-31-37-23-38(32-59)25-39(24-37)33-59)46-22-20-44(30-48(46)58(45)60-34-40-26-41(35-60)28-42(27-40)36-60)64-55-17-9-5-13-51(55)62(2)52-14-6-10-18-56(52)64/h3-22,29-30,37-42H,23-28,31-36H2,1-2H3. The Labute approximate surface area is 378 Å². The number of anilines is 10. The minimum Gasteiger partial charge on any atom is -0.341 e. The second-order valence-corrected chi connectivity index (χ2v) is 22.3. The molecule has 8 bridgehead atoms. The molecule has 0 atom stereocenters. The van der Waals surface area contributed by atoms with E-state index in [9.17, 15) is 0 Å². The van der Waals surface area contributed by atoms with Gasteiger partial charge in [-0.1, -0.05) is 60.7 Å². The van der Waals surface area contributed by atoms with Gasteiger partial charge in [0.15, 0.2) is 0 Å². The first-order valence-electron chi connectivity index (χ1n) is 24.9. The maximum absolute atomic E-state index is 2.71. The smallest absolute Gasteiger partial charge is 0.0699 e. The molecule has 0 N–H and O–H groups in total. The highest BCUT2D eigenvalue weighted by molar-refractivity contribution is 6.11. The quantitative estimate of drug-likeness (QED) is 0.164. The van der Waals surface area contributed by atoms with Crippen LogP contribution in [0.5, 0.6) is 0 Å². The fourth-order valence-electron chi connectivity index (χ4n) is 17.3. The number of rotatable bonds is 4. The maximum atomic E-state index is 2.71. The minimum atomic E-state index is 0.205. The van der Waals surface area contributed by atoms with Gasteiger partial charge in [-0.05, 0) is 229 Å². The fraction of sp³-hybridized carbons (Fsp3) is 0.367. The van der Waals surface area contributed by atoms with Crippen LogP contribution in [0.4, 0.5) is 56.9 Å². The van der Waals surface area contributed by atoms with Crippen molar-refractivity contribution in [1.29, 1.82) is 0 Å². The van der Waals surface area contributed by atoms with Crippen molar-refractivity contribution in [3.05, 3.63) is 145 Å². The topological polar surface area (TPSA) is 13.0 Å². The van der Waals surface area contributed by atoms with Crippen LogP contribution in [0.1, 0.15) is 88.2 Å². The molecule has 4 heteroatoms. The van der Waals surface area contributed by atoms with E-state index in [1.54, 1.807) is 32.7 Å². The molecule has 2 heterocycles. The zero-order valence-corrected chi connectivity index (χ0v) is 37.4. The second-order valence-electron chi connectivity index (χ2n) is 22.3. The minimum absolute atomic E-state index is 0.205. The summed E-state index contributed by atoms with van der Waals surface area (Å²) in [7, 11) is 4.47. The molecule has 10 aliphatic rings. The second kappa shape index (κ2) is 13.0. The van der Waals surface area contributed by atoms with Gasteiger partial charge in [0.2, 0.25) is 0 Å². The van der Waals surface area contributed by atoms with Gasteiger partial charge in [0.25, 0.3) is 0 Å². The molecule has 7 aromatic rings. The number of fused-ring (bicyclic) bond motifs is 6. The van der Waals surface area contributed by atoms with E-state index in [4.69, 9.17) is 0 Å². The number of para-hydroxylation sites is 8. The third-order valence-electron chi connectivity index (χ3n) is 18.7. The maximum Gasteiger partial charge on any atom is 0.0699 e. The summed E-state index contributed by atoms with van der Waals surface area (Å²) in [5.41, 5.74) is 16.5. The molecule has 0 amide bonds. The van der Waals surface area contributed by atoms with E-state index < -0.39 is 0 Å². The molecule has 7 aromatic carbocycles. The first kappa shape index (κ1) is 36.6. The largest absolute Gasteiger partial charge is 0.341 e. The van der Waals surface area contributed by atoms with E-state index in [2.05, 4.69) is 167 Å². The number of benzene rings is 7. The monoisotopic (exact) mass is 834 g/mol. The van der Waals surface area contributed by atoms with Crippen LogP contribution in [0.2, 0.25) is 0 Å². The Morgan fingerprint density at radius 2 is 0.594 bits per heavy atom. The lowest BCUT2D eigenvalue weighted by molar-refractivity contribution is -0.00493. The van der Waals surface area contributed by atoms with Gasteiger partial charge in [-0.25, -0.2) is 0 Å². The van der Waals surface area contributed by atoms with Crippen LogP contribution in [-0.4, -0.2) is 14.1 Å². The first-order valence-corrected chi connectivity index (χ1v) is 24.9. The molecule has 8 fully saturated rings. The summed E-state index contributed by atoms with van der Waals surface area (Å²) >= 11 is 0. The molecule has 0 aromatic heterocycles. The van der Waals surface area contributed by atoms with E-state index >= 15 is 0 Å². The third-order valence-corrected chi connectivity index (χ3v) is 18.7. The normalized spacial score (nSPS) is 30.2. The van der Waals surface area contributed by atoms with Gasteiger partial charge in [0, 0.05) is 25.5 Å². The van der Waals surface area contributed by atoms with Gasteiger partial charge < -0.3 is 19.6 Å². The average Bonchev–Trinajstić information content (AvgIpc) is 3.30. The summed E-state index contributed by atoms with van der Waals surface area (Å²) in [4.78, 5) is 9.95. The van der Waals surface area contributed by atoms with Crippen LogP contribution in [0.25, 0.3) is 21.5 Å². The van der Waals surface area contributed by atoms with E-state index in [1.807, 2.05) is 0 Å². The van der Waals surface area contributed by atoms with Crippen molar-refractivity contribution in [3.8, 4) is 0 Å². The molecule has 4 nitrogen and oxygen atoms in total. The van der Waals surface area contributed by atoms with Crippen LogP contribution in [0, 0.1) is 35.5 Å². The lowest BCUT2D eigenvalue weighted by Gasteiger charge is -2.59. The molecule has 8 aliphatic carbocycles. The van der Waals surface area contributed by atoms with Crippen molar-refractivity contribution >= 4 is 78.4 Å². The number of hydrogen-bond acceptors (Lipinski definition) is 4. The van der Waals surface area contributed by atoms with Crippen molar-refractivity contribution in [2.45, 2.75) is 87.9 Å². The Hall–Kier alpha value is -5.74. The molecule has 318 valence electrons. The molecular formula is C60H58N4. The highest BCUT2D eigenvalue weighted by Gasteiger charge is 2.55. The third kappa shape index (κ3) is 4.95. The number of nitrogens with zero attached hydrogens (tertiary/aromatic N) is 4. The number of hydrogen-bond donors (Lipinski definition) is 0. The van der Waals surface area contributed by atoms with Gasteiger partial charge >= 0.3 is 0 Å². The van der Waals surface area contributed by atoms with Crippen LogP contribution in [0.3, 0.4) is 0 Å². The zero-order valence-electron chi connectivity index (χ0n) is 37.4. The summed E-state index contributed by atoms with van der Waals surface area (Å²) in [6, 6.07) is 52.0. The lowest BCUT2D eigenvalue weighted by atomic mass is 9.46. The Morgan fingerprint density at radius 3 is 0.875 bits per heavy atom. The van der Waals surface area contributed by atoms with Gasteiger partial charge in [0.1, 0.15) is 0 Å². The van der Waals surface area contributed by atoms with Gasteiger partial charge in [-0.15, -0.1) is 0 Å². The van der Waals surface area contributed by atoms with Gasteiger partial charge in [-0.2, -0.15) is 0 Å². The van der Waals surface area contributed by atoms with Crippen LogP contribution in [-0.2, 0) is 10.8 Å². The molecule has 0 saturated heterocycles. The van der Waals surface area contributed by atoms with Crippen molar-refractivity contribution in [2.24, 2.45) is 35.5 Å². The van der Waals surface area contributed by atoms with Gasteiger partial charge in [-0.3, -0.25) is 0 Å². The summed E-state index contributed by atoms with van der Waals surface area (Å²) < 4.78 is 0. The first-order chi connectivity index (χ1) is 31.4. The highest BCUT2D eigenvalue weighted by Crippen LogP contribution is 2.67. The summed E-state index contributed by atoms with van der Waals surface area (Å²) in [5, 5.41) is 6.26. The van der Waals surface area contributed by atoms with Crippen molar-refractivity contribution in [3.63, 3.8) is 0 Å². The zero-order chi connectivity index (χ0) is 42.1. The molecular weight excluding hydrogens is 777 g/mol. The highest BCUT2D eigenvalue weighted by atomic mass is 15.3. The van der Waals surface area contributed by atoms with Crippen molar-refractivity contribution < 1.29 is 0 Å². The Balaban J connectivity index is 1.04. The van der Waals surface area contributed by atoms with Crippen LogP contribution in [0.15, 0.2) is 133 Å². The average molecular weight is 835 g/mol. The Kier molecular flexibility index (Phi) is 7.41. The molecule has 2 aliphatic heterocycles. The summed E-state index contributed by atoms with van der Waals surface area (Å²) in [6.07, 6.45) is 16.8. The SMILES string of the molecule is CN1c2ccccc2N(c2ccc3c(C45CC6CC(CC(C6)C4)C5)c4cc(N5c6ccccc6N(C)c6ccccc65)ccc4c(C45CC6CC(CC(C6)C4)C5)c3c2)c2ccccc21. The molecule has 0 radical (unpaired) electrons. The van der Waals surface area contributed by atoms with E-state index in [1.165, 1.54) is 134 Å². The predicted octanol–water partition coefficient (Wildman–Crippen LogP) is 16.0. The molecule has 0 spiro atoms. The summed E-state index contributed by atoms with van der Waals surface area (Å²) in [5.74, 6) is 5.15.